The van der Waals surface area contributed by atoms with Gasteiger partial charge in [-0.25, -0.2) is 4.79 Å². The van der Waals surface area contributed by atoms with E-state index in [0.717, 1.165) is 48.8 Å². The second-order valence-corrected chi connectivity index (χ2v) is 10.6. The van der Waals surface area contributed by atoms with Gasteiger partial charge in [0.1, 0.15) is 18.2 Å². The van der Waals surface area contributed by atoms with Gasteiger partial charge < -0.3 is 20.3 Å². The molecule has 36 heavy (non-hydrogen) atoms. The molecule has 0 bridgehead atoms. The minimum Gasteiger partial charge on any atom is -0.444 e. The maximum absolute atomic E-state index is 13.5. The minimum atomic E-state index is -0.760. The Kier molecular flexibility index (Phi) is 14.2. The van der Waals surface area contributed by atoms with Gasteiger partial charge in [0.2, 0.25) is 11.8 Å². The van der Waals surface area contributed by atoms with Crippen molar-refractivity contribution in [2.45, 2.75) is 111 Å². The maximum Gasteiger partial charge on any atom is 0.408 e. The van der Waals surface area contributed by atoms with Crippen LogP contribution in [0.3, 0.4) is 0 Å². The van der Waals surface area contributed by atoms with Crippen molar-refractivity contribution in [1.29, 1.82) is 0 Å². The fourth-order valence-corrected chi connectivity index (χ4v) is 3.92. The largest absolute Gasteiger partial charge is 0.444 e. The number of hydrogen-bond acceptors (Lipinski definition) is 4. The summed E-state index contributed by atoms with van der Waals surface area (Å²) in [6, 6.07) is 5.14. The van der Waals surface area contributed by atoms with Gasteiger partial charge >= 0.3 is 6.09 Å². The number of carbonyl (C=O) groups excluding carboxylic acids is 3. The number of hydrogen-bond donors (Lipinski definition) is 2. The number of amides is 3. The van der Waals surface area contributed by atoms with E-state index in [-0.39, 0.29) is 18.4 Å². The molecule has 1 aromatic rings. The van der Waals surface area contributed by atoms with E-state index < -0.39 is 17.7 Å². The van der Waals surface area contributed by atoms with Gasteiger partial charge in [-0.1, -0.05) is 70.6 Å². The second-order valence-electron chi connectivity index (χ2n) is 10.6. The van der Waals surface area contributed by atoms with E-state index in [1.54, 1.807) is 25.7 Å². The zero-order valence-corrected chi connectivity index (χ0v) is 23.7. The molecule has 0 heterocycles. The molecule has 0 spiro atoms. The summed E-state index contributed by atoms with van der Waals surface area (Å²) < 4.78 is 5.29. The summed E-state index contributed by atoms with van der Waals surface area (Å²) in [6.07, 6.45) is 7.62. The molecule has 0 aliphatic carbocycles. The van der Waals surface area contributed by atoms with Gasteiger partial charge in [-0.05, 0) is 64.2 Å². The van der Waals surface area contributed by atoms with Crippen molar-refractivity contribution < 1.29 is 19.1 Å². The minimum absolute atomic E-state index is 0.191. The molecule has 0 saturated carbocycles. The van der Waals surface area contributed by atoms with Gasteiger partial charge in [0.15, 0.2) is 0 Å². The lowest BCUT2D eigenvalue weighted by Crippen LogP contribution is -2.48. The first-order valence-electron chi connectivity index (χ1n) is 13.6. The number of carbonyl (C=O) groups is 3. The van der Waals surface area contributed by atoms with E-state index in [4.69, 9.17) is 4.74 Å². The van der Waals surface area contributed by atoms with Gasteiger partial charge in [-0.3, -0.25) is 9.59 Å². The normalized spacial score (nSPS) is 12.1. The van der Waals surface area contributed by atoms with Crippen LogP contribution in [0.1, 0.15) is 109 Å². The second kappa shape index (κ2) is 16.2. The summed E-state index contributed by atoms with van der Waals surface area (Å²) in [5.74, 6) is -0.494. The van der Waals surface area contributed by atoms with Crippen molar-refractivity contribution in [3.63, 3.8) is 0 Å². The van der Waals surface area contributed by atoms with E-state index >= 15 is 0 Å². The van der Waals surface area contributed by atoms with Gasteiger partial charge in [0.25, 0.3) is 0 Å². The summed E-state index contributed by atoms with van der Waals surface area (Å²) in [5, 5.41) is 5.59. The molecule has 1 rings (SSSR count). The average molecular weight is 504 g/mol. The lowest BCUT2D eigenvalue weighted by Gasteiger charge is -2.32. The first-order chi connectivity index (χ1) is 17.0. The smallest absolute Gasteiger partial charge is 0.408 e. The standard InChI is InChI=1S/C29H49N3O4/c1-8-10-12-13-14-15-19-32(25(33)21-31-28(35)36-29(5,6)7)26(27(34)30-18-11-9-2)24-17-16-22(3)23(4)20-24/h16-17,20,26H,8-15,18-19,21H2,1-7H3,(H,30,34)(H,31,35). The highest BCUT2D eigenvalue weighted by molar-refractivity contribution is 5.90. The highest BCUT2D eigenvalue weighted by atomic mass is 16.6. The number of nitrogens with zero attached hydrogens (tertiary/aromatic N) is 1. The van der Waals surface area contributed by atoms with Gasteiger partial charge in [-0.2, -0.15) is 0 Å². The van der Waals surface area contributed by atoms with Crippen LogP contribution in [-0.4, -0.2) is 48.0 Å². The molecule has 3 amide bonds. The lowest BCUT2D eigenvalue weighted by atomic mass is 9.98. The average Bonchev–Trinajstić information content (AvgIpc) is 2.80. The number of ether oxygens (including phenoxy) is 1. The number of rotatable bonds is 15. The third-order valence-corrected chi connectivity index (χ3v) is 6.09. The Morgan fingerprint density at radius 2 is 1.53 bits per heavy atom. The molecule has 7 nitrogen and oxygen atoms in total. The van der Waals surface area contributed by atoms with Gasteiger partial charge in [0.05, 0.1) is 0 Å². The third kappa shape index (κ3) is 11.9. The summed E-state index contributed by atoms with van der Waals surface area (Å²) in [5.41, 5.74) is 2.32. The Bertz CT molecular complexity index is 832. The number of benzene rings is 1. The van der Waals surface area contributed by atoms with E-state index in [9.17, 15) is 14.4 Å². The van der Waals surface area contributed by atoms with Crippen molar-refractivity contribution >= 4 is 17.9 Å². The van der Waals surface area contributed by atoms with Crippen molar-refractivity contribution in [1.82, 2.24) is 15.5 Å². The zero-order chi connectivity index (χ0) is 27.1. The van der Waals surface area contributed by atoms with Crippen LogP contribution < -0.4 is 10.6 Å². The summed E-state index contributed by atoms with van der Waals surface area (Å²) in [7, 11) is 0. The van der Waals surface area contributed by atoms with Crippen molar-refractivity contribution in [2.24, 2.45) is 0 Å². The summed E-state index contributed by atoms with van der Waals surface area (Å²) >= 11 is 0. The third-order valence-electron chi connectivity index (χ3n) is 6.09. The lowest BCUT2D eigenvalue weighted by molar-refractivity contribution is -0.140. The van der Waals surface area contributed by atoms with Crippen LogP contribution in [0.4, 0.5) is 4.79 Å². The number of unbranched alkanes of at least 4 members (excludes halogenated alkanes) is 6. The summed E-state index contributed by atoms with van der Waals surface area (Å²) in [4.78, 5) is 40.7. The Morgan fingerprint density at radius 1 is 0.889 bits per heavy atom. The molecule has 1 unspecified atom stereocenters. The molecule has 0 aliphatic rings. The highest BCUT2D eigenvalue weighted by Crippen LogP contribution is 2.25. The van der Waals surface area contributed by atoms with Crippen LogP contribution in [0, 0.1) is 13.8 Å². The molecular formula is C29H49N3O4. The molecule has 204 valence electrons. The van der Waals surface area contributed by atoms with Crippen LogP contribution in [-0.2, 0) is 14.3 Å². The number of aryl methyl sites for hydroxylation is 2. The topological polar surface area (TPSA) is 87.7 Å². The maximum atomic E-state index is 13.5. The molecule has 0 saturated heterocycles. The van der Waals surface area contributed by atoms with Crippen molar-refractivity contribution in [3.8, 4) is 0 Å². The Morgan fingerprint density at radius 3 is 2.14 bits per heavy atom. The Labute approximate surface area is 218 Å². The van der Waals surface area contributed by atoms with Crippen molar-refractivity contribution in [3.05, 3.63) is 34.9 Å². The van der Waals surface area contributed by atoms with Gasteiger partial charge in [-0.15, -0.1) is 0 Å². The molecule has 7 heteroatoms. The molecule has 2 N–H and O–H groups in total. The molecule has 0 radical (unpaired) electrons. The zero-order valence-electron chi connectivity index (χ0n) is 23.7. The molecular weight excluding hydrogens is 454 g/mol. The van der Waals surface area contributed by atoms with Gasteiger partial charge in [0, 0.05) is 13.1 Å². The van der Waals surface area contributed by atoms with E-state index in [2.05, 4.69) is 24.5 Å². The monoisotopic (exact) mass is 503 g/mol. The van der Waals surface area contributed by atoms with Crippen LogP contribution in [0.15, 0.2) is 18.2 Å². The van der Waals surface area contributed by atoms with Crippen LogP contribution in [0.5, 0.6) is 0 Å². The molecule has 0 fully saturated rings. The Hall–Kier alpha value is -2.57. The van der Waals surface area contributed by atoms with E-state index in [0.29, 0.717) is 13.1 Å². The predicted molar refractivity (Wildman–Crippen MR) is 146 cm³/mol. The fourth-order valence-electron chi connectivity index (χ4n) is 3.92. The quantitative estimate of drug-likeness (QED) is 0.288. The van der Waals surface area contributed by atoms with Crippen LogP contribution >= 0.6 is 0 Å². The highest BCUT2D eigenvalue weighted by Gasteiger charge is 2.31. The SMILES string of the molecule is CCCCCCCCN(C(=O)CNC(=O)OC(C)(C)C)C(C(=O)NCCCC)c1ccc(C)c(C)c1. The van der Waals surface area contributed by atoms with Crippen molar-refractivity contribution in [2.75, 3.05) is 19.6 Å². The summed E-state index contributed by atoms with van der Waals surface area (Å²) in [6.45, 7) is 14.4. The molecule has 1 atom stereocenters. The van der Waals surface area contributed by atoms with E-state index in [1.807, 2.05) is 32.0 Å². The first kappa shape index (κ1) is 31.5. The molecule has 0 aromatic heterocycles. The molecule has 0 aliphatic heterocycles. The van der Waals surface area contributed by atoms with E-state index in [1.165, 1.54) is 19.3 Å². The Balaban J connectivity index is 3.16. The van der Waals surface area contributed by atoms with Crippen LogP contribution in [0.2, 0.25) is 0 Å². The molecule has 1 aromatic carbocycles. The number of alkyl carbamates (subject to hydrolysis) is 1. The fraction of sp³-hybridized carbons (Fsp3) is 0.690. The number of nitrogens with one attached hydrogen (secondary N) is 2. The first-order valence-corrected chi connectivity index (χ1v) is 13.6. The van der Waals surface area contributed by atoms with Crippen LogP contribution in [0.25, 0.3) is 0 Å². The predicted octanol–water partition coefficient (Wildman–Crippen LogP) is 5.97.